The zero-order valence-corrected chi connectivity index (χ0v) is 35.4. The summed E-state index contributed by atoms with van der Waals surface area (Å²) in [5, 5.41) is 2.23. The largest absolute Gasteiger partial charge is 0.454 e. The van der Waals surface area contributed by atoms with Crippen LogP contribution < -0.4 is 4.90 Å². The molecule has 0 amide bonds. The van der Waals surface area contributed by atoms with Crippen LogP contribution in [0.2, 0.25) is 0 Å². The van der Waals surface area contributed by atoms with Gasteiger partial charge in [-0.1, -0.05) is 161 Å². The van der Waals surface area contributed by atoms with Crippen LogP contribution in [-0.2, 0) is 10.8 Å². The third-order valence-corrected chi connectivity index (χ3v) is 13.9. The van der Waals surface area contributed by atoms with E-state index in [0.717, 1.165) is 44.6 Å². The van der Waals surface area contributed by atoms with Crippen molar-refractivity contribution in [1.82, 2.24) is 0 Å². The molecule has 0 radical (unpaired) electrons. The van der Waals surface area contributed by atoms with Gasteiger partial charge in [0.1, 0.15) is 5.58 Å². The van der Waals surface area contributed by atoms with Gasteiger partial charge in [0.15, 0.2) is 5.58 Å². The fourth-order valence-electron chi connectivity index (χ4n) is 10.6. The predicted octanol–water partition coefficient (Wildman–Crippen LogP) is 16.7. The van der Waals surface area contributed by atoms with Crippen molar-refractivity contribution >= 4 is 39.0 Å². The molecule has 0 fully saturated rings. The van der Waals surface area contributed by atoms with E-state index < -0.39 is 0 Å². The van der Waals surface area contributed by atoms with Gasteiger partial charge in [-0.25, -0.2) is 0 Å². The Hall–Kier alpha value is -7.42. The number of benzene rings is 9. The molecule has 0 atom stereocenters. The smallest absolute Gasteiger partial charge is 0.159 e. The van der Waals surface area contributed by atoms with E-state index in [9.17, 15) is 0 Å². The van der Waals surface area contributed by atoms with Crippen LogP contribution in [-0.4, -0.2) is 0 Å². The fraction of sp³-hybridized carbons (Fsp3) is 0.100. The zero-order valence-electron chi connectivity index (χ0n) is 35.4. The van der Waals surface area contributed by atoms with Crippen molar-refractivity contribution < 1.29 is 4.42 Å². The lowest BCUT2D eigenvalue weighted by Gasteiger charge is -2.25. The molecule has 0 spiro atoms. The zero-order chi connectivity index (χ0) is 41.7. The number of furan rings is 1. The topological polar surface area (TPSA) is 16.4 Å². The van der Waals surface area contributed by atoms with Gasteiger partial charge >= 0.3 is 0 Å². The maximum absolute atomic E-state index is 6.59. The van der Waals surface area contributed by atoms with Crippen molar-refractivity contribution in [3.63, 3.8) is 0 Å². The highest BCUT2D eigenvalue weighted by Gasteiger charge is 2.36. The number of hydrogen-bond acceptors (Lipinski definition) is 2. The molecule has 0 unspecified atom stereocenters. The monoisotopic (exact) mass is 795 g/mol. The van der Waals surface area contributed by atoms with E-state index in [4.69, 9.17) is 4.42 Å². The summed E-state index contributed by atoms with van der Waals surface area (Å²) in [6.45, 7) is 9.45. The first kappa shape index (κ1) is 36.4. The van der Waals surface area contributed by atoms with Gasteiger partial charge < -0.3 is 9.32 Å². The second-order valence-corrected chi connectivity index (χ2v) is 18.1. The maximum Gasteiger partial charge on any atom is 0.159 e. The number of rotatable bonds is 6. The van der Waals surface area contributed by atoms with Crippen LogP contribution in [0.5, 0.6) is 0 Å². The first-order valence-corrected chi connectivity index (χ1v) is 21.7. The molecule has 0 N–H and O–H groups in total. The van der Waals surface area contributed by atoms with Gasteiger partial charge in [0.05, 0.1) is 5.69 Å². The third-order valence-electron chi connectivity index (χ3n) is 13.9. The van der Waals surface area contributed by atoms with E-state index in [2.05, 4.69) is 221 Å². The van der Waals surface area contributed by atoms with Gasteiger partial charge in [-0.05, 0) is 145 Å². The molecule has 1 heterocycles. The van der Waals surface area contributed by atoms with Gasteiger partial charge in [0.25, 0.3) is 0 Å². The van der Waals surface area contributed by atoms with Gasteiger partial charge in [0.2, 0.25) is 0 Å². The van der Waals surface area contributed by atoms with E-state index in [1.807, 2.05) is 12.1 Å². The minimum Gasteiger partial charge on any atom is -0.454 e. The van der Waals surface area contributed by atoms with Crippen LogP contribution >= 0.6 is 0 Å². The molecular weight excluding hydrogens is 751 g/mol. The number of para-hydroxylation sites is 3. The fourth-order valence-corrected chi connectivity index (χ4v) is 10.6. The Morgan fingerprint density at radius 2 is 0.806 bits per heavy atom. The number of hydrogen-bond donors (Lipinski definition) is 0. The van der Waals surface area contributed by atoms with E-state index >= 15 is 0 Å². The lowest BCUT2D eigenvalue weighted by atomic mass is 9.81. The van der Waals surface area contributed by atoms with Crippen molar-refractivity contribution in [2.75, 3.05) is 4.90 Å². The van der Waals surface area contributed by atoms with Crippen LogP contribution in [0.25, 0.3) is 77.6 Å². The lowest BCUT2D eigenvalue weighted by molar-refractivity contribution is 0.660. The number of anilines is 3. The Morgan fingerprint density at radius 1 is 0.339 bits per heavy atom. The molecule has 0 saturated carbocycles. The Kier molecular flexibility index (Phi) is 7.96. The second-order valence-electron chi connectivity index (χ2n) is 18.1. The van der Waals surface area contributed by atoms with Crippen LogP contribution in [0.4, 0.5) is 17.1 Å². The highest BCUT2D eigenvalue weighted by molar-refractivity contribution is 6.10. The third kappa shape index (κ3) is 5.49. The SMILES string of the molecule is CC1(C)c2ccccc2-c2ccc(-c3cc(-c4ccc(N(c5ccccc5)c5cccc6c5oc5ccccc56)cc4)cc(-c4ccc5c(c4)C(C)(C)c4ccccc4-5)c3)cc21. The van der Waals surface area contributed by atoms with Crippen molar-refractivity contribution in [3.05, 3.63) is 222 Å². The molecule has 2 nitrogen and oxygen atoms in total. The molecule has 1 aromatic heterocycles. The van der Waals surface area contributed by atoms with Crippen molar-refractivity contribution in [1.29, 1.82) is 0 Å². The van der Waals surface area contributed by atoms with E-state index in [1.165, 1.54) is 72.3 Å². The number of fused-ring (bicyclic) bond motifs is 9. The molecule has 12 rings (SSSR count). The molecule has 2 aliphatic carbocycles. The summed E-state index contributed by atoms with van der Waals surface area (Å²) in [6.07, 6.45) is 0. The predicted molar refractivity (Wildman–Crippen MR) is 260 cm³/mol. The molecule has 9 aromatic carbocycles. The van der Waals surface area contributed by atoms with Crippen molar-refractivity contribution in [3.8, 4) is 55.6 Å². The Labute approximate surface area is 363 Å². The van der Waals surface area contributed by atoms with Gasteiger partial charge in [-0.15, -0.1) is 0 Å². The highest BCUT2D eigenvalue weighted by Crippen LogP contribution is 2.52. The van der Waals surface area contributed by atoms with E-state index in [-0.39, 0.29) is 10.8 Å². The average Bonchev–Trinajstić information content (AvgIpc) is 3.89. The maximum atomic E-state index is 6.59. The molecule has 0 bridgehead atoms. The summed E-state index contributed by atoms with van der Waals surface area (Å²) >= 11 is 0. The normalized spacial score (nSPS) is 14.1. The Balaban J connectivity index is 1.00. The summed E-state index contributed by atoms with van der Waals surface area (Å²) in [4.78, 5) is 2.31. The molecular formula is C60H45NO. The summed E-state index contributed by atoms with van der Waals surface area (Å²) < 4.78 is 6.59. The van der Waals surface area contributed by atoms with Crippen molar-refractivity contribution in [2.45, 2.75) is 38.5 Å². The molecule has 296 valence electrons. The molecule has 62 heavy (non-hydrogen) atoms. The number of nitrogens with zero attached hydrogens (tertiary/aromatic N) is 1. The summed E-state index contributed by atoms with van der Waals surface area (Å²) in [5.41, 5.74) is 22.9. The first-order chi connectivity index (χ1) is 30.2. The van der Waals surface area contributed by atoms with Gasteiger partial charge in [-0.3, -0.25) is 0 Å². The van der Waals surface area contributed by atoms with Crippen LogP contribution in [0, 0.1) is 0 Å². The summed E-state index contributed by atoms with van der Waals surface area (Å²) in [6, 6.07) is 73.6. The van der Waals surface area contributed by atoms with E-state index in [0.29, 0.717) is 0 Å². The lowest BCUT2D eigenvalue weighted by Crippen LogP contribution is -2.15. The Bertz CT molecular complexity index is 3280. The van der Waals surface area contributed by atoms with Crippen LogP contribution in [0.3, 0.4) is 0 Å². The quantitative estimate of drug-likeness (QED) is 0.167. The summed E-state index contributed by atoms with van der Waals surface area (Å²) in [5.74, 6) is 0. The molecule has 10 aromatic rings. The second kappa shape index (κ2) is 13.5. The van der Waals surface area contributed by atoms with Gasteiger partial charge in [0, 0.05) is 33.0 Å². The highest BCUT2D eigenvalue weighted by atomic mass is 16.3. The minimum absolute atomic E-state index is 0.0872. The molecule has 0 saturated heterocycles. The summed E-state index contributed by atoms with van der Waals surface area (Å²) in [7, 11) is 0. The average molecular weight is 796 g/mol. The van der Waals surface area contributed by atoms with Crippen LogP contribution in [0.1, 0.15) is 49.9 Å². The molecule has 2 aliphatic rings. The molecule has 0 aliphatic heterocycles. The first-order valence-electron chi connectivity index (χ1n) is 21.7. The van der Waals surface area contributed by atoms with Crippen molar-refractivity contribution in [2.24, 2.45) is 0 Å². The van der Waals surface area contributed by atoms with E-state index in [1.54, 1.807) is 0 Å². The Morgan fingerprint density at radius 3 is 1.42 bits per heavy atom. The standard InChI is InChI=1S/C60H45NO/c1-59(2)52-21-11-8-17-46(52)48-31-27-39(36-54(48)59)42-33-41(34-43(35-42)40-28-32-49-47-18-9-12-22-53(47)60(3,4)55(49)37-40)38-25-29-45(30-26-38)61(44-15-6-5-7-16-44)56-23-14-20-51-50-19-10-13-24-57(50)62-58(51)56/h5-37H,1-4H3. The van der Waals surface area contributed by atoms with Crippen LogP contribution in [0.15, 0.2) is 205 Å². The molecule has 2 heteroatoms. The minimum atomic E-state index is -0.0872. The van der Waals surface area contributed by atoms with Gasteiger partial charge in [-0.2, -0.15) is 0 Å².